The molecular formula is C14H22N2O3S. The Morgan fingerprint density at radius 3 is 2.55 bits per heavy atom. The molecule has 0 spiro atoms. The molecule has 1 heterocycles. The van der Waals surface area contributed by atoms with Gasteiger partial charge in [0.25, 0.3) is 0 Å². The highest BCUT2D eigenvalue weighted by Gasteiger charge is 2.26. The van der Waals surface area contributed by atoms with E-state index < -0.39 is 10.0 Å². The van der Waals surface area contributed by atoms with Crippen molar-refractivity contribution in [1.82, 2.24) is 9.62 Å². The minimum absolute atomic E-state index is 0.0104. The van der Waals surface area contributed by atoms with Gasteiger partial charge in [-0.3, -0.25) is 0 Å². The number of hydrogen-bond acceptors (Lipinski definition) is 4. The Bertz CT molecular complexity index is 542. The van der Waals surface area contributed by atoms with Crippen LogP contribution in [0.1, 0.15) is 25.3 Å². The number of benzene rings is 1. The second kappa shape index (κ2) is 6.22. The summed E-state index contributed by atoms with van der Waals surface area (Å²) in [6, 6.07) is 6.70. The minimum atomic E-state index is -3.48. The summed E-state index contributed by atoms with van der Waals surface area (Å²) < 4.78 is 27.4. The zero-order valence-corrected chi connectivity index (χ0v) is 12.7. The van der Waals surface area contributed by atoms with Gasteiger partial charge >= 0.3 is 0 Å². The molecule has 0 amide bonds. The van der Waals surface area contributed by atoms with Gasteiger partial charge in [0.1, 0.15) is 0 Å². The minimum Gasteiger partial charge on any atom is -0.392 e. The summed E-state index contributed by atoms with van der Waals surface area (Å²) in [6.07, 6.45) is 1.65. The van der Waals surface area contributed by atoms with E-state index in [4.69, 9.17) is 5.11 Å². The molecule has 112 valence electrons. The van der Waals surface area contributed by atoms with E-state index in [1.165, 1.54) is 12.1 Å². The third-order valence-corrected chi connectivity index (χ3v) is 5.48. The monoisotopic (exact) mass is 298 g/mol. The average Bonchev–Trinajstić information content (AvgIpc) is 2.43. The van der Waals surface area contributed by atoms with E-state index >= 15 is 0 Å². The molecule has 0 aromatic heterocycles. The highest BCUT2D eigenvalue weighted by Crippen LogP contribution is 2.18. The summed E-state index contributed by atoms with van der Waals surface area (Å²) in [6.45, 7) is 2.93. The van der Waals surface area contributed by atoms with E-state index in [1.54, 1.807) is 12.1 Å². The number of rotatable bonds is 4. The molecule has 1 aliphatic heterocycles. The van der Waals surface area contributed by atoms with Gasteiger partial charge in [0.05, 0.1) is 11.5 Å². The molecule has 0 aliphatic carbocycles. The smallest absolute Gasteiger partial charge is 0.240 e. The first-order chi connectivity index (χ1) is 9.42. The lowest BCUT2D eigenvalue weighted by Crippen LogP contribution is -2.47. The fourth-order valence-electron chi connectivity index (χ4n) is 2.46. The van der Waals surface area contributed by atoms with Gasteiger partial charge in [0.2, 0.25) is 10.0 Å². The topological polar surface area (TPSA) is 69.6 Å². The maximum atomic E-state index is 12.3. The van der Waals surface area contributed by atoms with Gasteiger partial charge in [-0.1, -0.05) is 12.1 Å². The molecule has 1 aromatic rings. The van der Waals surface area contributed by atoms with Crippen LogP contribution >= 0.6 is 0 Å². The van der Waals surface area contributed by atoms with Crippen molar-refractivity contribution in [2.24, 2.45) is 0 Å². The second-order valence-electron chi connectivity index (χ2n) is 5.47. The Morgan fingerprint density at radius 2 is 2.00 bits per heavy atom. The molecule has 1 fully saturated rings. The Hall–Kier alpha value is -0.950. The van der Waals surface area contributed by atoms with Gasteiger partial charge in [0.15, 0.2) is 0 Å². The lowest BCUT2D eigenvalue weighted by atomic mass is 10.0. The third-order valence-electron chi connectivity index (χ3n) is 3.95. The van der Waals surface area contributed by atoms with Crippen molar-refractivity contribution in [3.05, 3.63) is 29.8 Å². The van der Waals surface area contributed by atoms with Crippen LogP contribution in [0.5, 0.6) is 0 Å². The van der Waals surface area contributed by atoms with Gasteiger partial charge in [0, 0.05) is 12.1 Å². The van der Waals surface area contributed by atoms with Gasteiger partial charge < -0.3 is 10.0 Å². The number of nitrogens with one attached hydrogen (secondary N) is 1. The Morgan fingerprint density at radius 1 is 1.35 bits per heavy atom. The van der Waals surface area contributed by atoms with E-state index in [-0.39, 0.29) is 17.5 Å². The fourth-order valence-corrected chi connectivity index (χ4v) is 3.74. The number of sulfonamides is 1. The SMILES string of the molecule is CC1CC(NS(=O)(=O)c2ccc(CO)cc2)CCN1C. The largest absolute Gasteiger partial charge is 0.392 e. The molecule has 2 N–H and O–H groups in total. The lowest BCUT2D eigenvalue weighted by Gasteiger charge is -2.35. The predicted molar refractivity (Wildman–Crippen MR) is 77.8 cm³/mol. The number of piperidine rings is 1. The van der Waals surface area contributed by atoms with Crippen LogP contribution < -0.4 is 4.72 Å². The van der Waals surface area contributed by atoms with Crippen molar-refractivity contribution in [1.29, 1.82) is 0 Å². The Labute approximate surface area is 120 Å². The van der Waals surface area contributed by atoms with Crippen molar-refractivity contribution in [3.63, 3.8) is 0 Å². The molecule has 5 nitrogen and oxygen atoms in total. The number of aliphatic hydroxyl groups is 1. The fraction of sp³-hybridized carbons (Fsp3) is 0.571. The summed E-state index contributed by atoms with van der Waals surface area (Å²) in [5.41, 5.74) is 0.705. The van der Waals surface area contributed by atoms with Crippen LogP contribution in [0, 0.1) is 0 Å². The molecule has 1 aliphatic rings. The van der Waals surface area contributed by atoms with Gasteiger partial charge in [-0.05, 0) is 51.1 Å². The molecular weight excluding hydrogens is 276 g/mol. The first-order valence-electron chi connectivity index (χ1n) is 6.85. The van der Waals surface area contributed by atoms with E-state index in [2.05, 4.69) is 23.6 Å². The van der Waals surface area contributed by atoms with E-state index in [9.17, 15) is 8.42 Å². The van der Waals surface area contributed by atoms with Crippen LogP contribution in [0.25, 0.3) is 0 Å². The number of aliphatic hydroxyl groups excluding tert-OH is 1. The van der Waals surface area contributed by atoms with E-state index in [0.717, 1.165) is 19.4 Å². The second-order valence-corrected chi connectivity index (χ2v) is 7.19. The highest BCUT2D eigenvalue weighted by atomic mass is 32.2. The number of hydrogen-bond donors (Lipinski definition) is 2. The Balaban J connectivity index is 2.07. The maximum Gasteiger partial charge on any atom is 0.240 e. The van der Waals surface area contributed by atoms with Crippen LogP contribution in [0.15, 0.2) is 29.2 Å². The zero-order valence-electron chi connectivity index (χ0n) is 11.9. The zero-order chi connectivity index (χ0) is 14.8. The Kier molecular flexibility index (Phi) is 4.80. The van der Waals surface area contributed by atoms with Crippen LogP contribution in [0.3, 0.4) is 0 Å². The molecule has 0 saturated carbocycles. The quantitative estimate of drug-likeness (QED) is 0.868. The number of likely N-dealkylation sites (tertiary alicyclic amines) is 1. The molecule has 2 atom stereocenters. The highest BCUT2D eigenvalue weighted by molar-refractivity contribution is 7.89. The maximum absolute atomic E-state index is 12.3. The van der Waals surface area contributed by atoms with Gasteiger partial charge in [-0.25, -0.2) is 13.1 Å². The van der Waals surface area contributed by atoms with Crippen LogP contribution in [0.4, 0.5) is 0 Å². The van der Waals surface area contributed by atoms with Crippen LogP contribution in [0.2, 0.25) is 0 Å². The lowest BCUT2D eigenvalue weighted by molar-refractivity contribution is 0.178. The first-order valence-corrected chi connectivity index (χ1v) is 8.33. The molecule has 20 heavy (non-hydrogen) atoms. The molecule has 0 radical (unpaired) electrons. The van der Waals surface area contributed by atoms with Crippen molar-refractivity contribution in [2.45, 2.75) is 43.4 Å². The summed E-state index contributed by atoms with van der Waals surface area (Å²) in [5, 5.41) is 8.98. The molecule has 2 unspecified atom stereocenters. The van der Waals surface area contributed by atoms with E-state index in [0.29, 0.717) is 11.6 Å². The summed E-state index contributed by atoms with van der Waals surface area (Å²) in [4.78, 5) is 2.49. The molecule has 6 heteroatoms. The third kappa shape index (κ3) is 3.58. The van der Waals surface area contributed by atoms with E-state index in [1.807, 2.05) is 0 Å². The van der Waals surface area contributed by atoms with Crippen molar-refractivity contribution in [3.8, 4) is 0 Å². The standard InChI is InChI=1S/C14H22N2O3S/c1-11-9-13(7-8-16(11)2)15-20(18,19)14-5-3-12(10-17)4-6-14/h3-6,11,13,15,17H,7-10H2,1-2H3. The van der Waals surface area contributed by atoms with Crippen molar-refractivity contribution in [2.75, 3.05) is 13.6 Å². The summed E-state index contributed by atoms with van der Waals surface area (Å²) in [5.74, 6) is 0. The summed E-state index contributed by atoms with van der Waals surface area (Å²) in [7, 11) is -1.42. The van der Waals surface area contributed by atoms with Crippen molar-refractivity contribution >= 4 is 10.0 Å². The molecule has 0 bridgehead atoms. The van der Waals surface area contributed by atoms with Crippen LogP contribution in [-0.2, 0) is 16.6 Å². The molecule has 1 aromatic carbocycles. The van der Waals surface area contributed by atoms with Gasteiger partial charge in [-0.15, -0.1) is 0 Å². The van der Waals surface area contributed by atoms with Crippen molar-refractivity contribution < 1.29 is 13.5 Å². The first kappa shape index (κ1) is 15.4. The summed E-state index contributed by atoms with van der Waals surface area (Å²) >= 11 is 0. The predicted octanol–water partition coefficient (Wildman–Crippen LogP) is 0.940. The number of nitrogens with zero attached hydrogens (tertiary/aromatic N) is 1. The van der Waals surface area contributed by atoms with Crippen LogP contribution in [-0.4, -0.2) is 44.1 Å². The normalized spacial score (nSPS) is 24.8. The average molecular weight is 298 g/mol. The molecule has 2 rings (SSSR count). The van der Waals surface area contributed by atoms with Gasteiger partial charge in [-0.2, -0.15) is 0 Å². The molecule has 1 saturated heterocycles.